The first-order chi connectivity index (χ1) is 9.38. The molecule has 0 atom stereocenters. The zero-order valence-corrected chi connectivity index (χ0v) is 11.6. The summed E-state index contributed by atoms with van der Waals surface area (Å²) in [5.41, 5.74) is 0.695. The molecule has 0 amide bonds. The maximum atomic E-state index is 10.5. The number of hydrogen-bond donors (Lipinski definition) is 1. The Kier molecular flexibility index (Phi) is 5.89. The average Bonchev–Trinajstić information content (AvgIpc) is 2.49. The molecule has 1 saturated heterocycles. The molecule has 19 heavy (non-hydrogen) atoms. The molecule has 0 aliphatic carbocycles. The molecule has 0 spiro atoms. The van der Waals surface area contributed by atoms with Gasteiger partial charge in [0.2, 0.25) is 0 Å². The maximum absolute atomic E-state index is 10.5. The summed E-state index contributed by atoms with van der Waals surface area (Å²) in [6, 6.07) is 7.31. The van der Waals surface area contributed by atoms with Gasteiger partial charge < -0.3 is 9.64 Å². The van der Waals surface area contributed by atoms with Crippen molar-refractivity contribution in [2.75, 3.05) is 26.2 Å². The third-order valence-electron chi connectivity index (χ3n) is 3.77. The number of carbonyl (C=O) groups excluding carboxylic acids is 1. The van der Waals surface area contributed by atoms with E-state index in [0.29, 0.717) is 5.56 Å². The molecule has 1 heterocycles. The van der Waals surface area contributed by atoms with Crippen LogP contribution in [0.4, 0.5) is 0 Å². The van der Waals surface area contributed by atoms with Gasteiger partial charge in [-0.05, 0) is 56.4 Å². The van der Waals surface area contributed by atoms with E-state index >= 15 is 0 Å². The quantitative estimate of drug-likeness (QED) is 0.599. The van der Waals surface area contributed by atoms with E-state index in [1.807, 2.05) is 12.1 Å². The molecular weight excluding hydrogens is 238 g/mol. The number of rotatable bonds is 7. The van der Waals surface area contributed by atoms with Crippen LogP contribution in [0.25, 0.3) is 0 Å². The molecule has 3 heteroatoms. The van der Waals surface area contributed by atoms with Crippen LogP contribution in [0, 0.1) is 0 Å². The molecule has 1 aliphatic rings. The smallest absolute Gasteiger partial charge is 0.150 e. The van der Waals surface area contributed by atoms with Crippen molar-refractivity contribution in [3.63, 3.8) is 0 Å². The molecule has 1 fully saturated rings. The van der Waals surface area contributed by atoms with E-state index in [2.05, 4.69) is 0 Å². The third-order valence-corrected chi connectivity index (χ3v) is 3.77. The standard InChI is InChI=1S/C16H23NO2/c18-14-15-6-8-16(9-7-15)19-13-5-4-12-17-10-2-1-3-11-17/h6-9,14H,1-5,10-13H2/p+1. The summed E-state index contributed by atoms with van der Waals surface area (Å²) in [5, 5.41) is 0. The largest absolute Gasteiger partial charge is 0.494 e. The van der Waals surface area contributed by atoms with Crippen molar-refractivity contribution in [1.29, 1.82) is 0 Å². The van der Waals surface area contributed by atoms with Crippen molar-refractivity contribution in [3.05, 3.63) is 29.8 Å². The molecule has 1 aliphatic heterocycles. The van der Waals surface area contributed by atoms with Gasteiger partial charge in [-0.2, -0.15) is 0 Å². The Morgan fingerprint density at radius 3 is 2.47 bits per heavy atom. The van der Waals surface area contributed by atoms with Crippen LogP contribution in [0.5, 0.6) is 5.75 Å². The fourth-order valence-electron chi connectivity index (χ4n) is 2.61. The lowest BCUT2D eigenvalue weighted by molar-refractivity contribution is -0.905. The van der Waals surface area contributed by atoms with Crippen LogP contribution in [-0.4, -0.2) is 32.5 Å². The fraction of sp³-hybridized carbons (Fsp3) is 0.562. The number of carbonyl (C=O) groups is 1. The van der Waals surface area contributed by atoms with Crippen molar-refractivity contribution >= 4 is 6.29 Å². The van der Waals surface area contributed by atoms with Crippen LogP contribution in [0.15, 0.2) is 24.3 Å². The zero-order valence-electron chi connectivity index (χ0n) is 11.6. The van der Waals surface area contributed by atoms with E-state index in [-0.39, 0.29) is 0 Å². The molecule has 3 nitrogen and oxygen atoms in total. The van der Waals surface area contributed by atoms with Crippen LogP contribution >= 0.6 is 0 Å². The lowest BCUT2D eigenvalue weighted by atomic mass is 10.1. The normalized spacial score (nSPS) is 16.2. The van der Waals surface area contributed by atoms with Gasteiger partial charge in [-0.15, -0.1) is 0 Å². The van der Waals surface area contributed by atoms with Crippen molar-refractivity contribution in [2.45, 2.75) is 32.1 Å². The predicted octanol–water partition coefficient (Wildman–Crippen LogP) is 1.73. The van der Waals surface area contributed by atoms with Crippen LogP contribution in [0.1, 0.15) is 42.5 Å². The van der Waals surface area contributed by atoms with Gasteiger partial charge >= 0.3 is 0 Å². The second-order valence-corrected chi connectivity index (χ2v) is 5.30. The Labute approximate surface area is 115 Å². The van der Waals surface area contributed by atoms with Crippen LogP contribution in [0.2, 0.25) is 0 Å². The number of quaternary nitrogens is 1. The fourth-order valence-corrected chi connectivity index (χ4v) is 2.61. The zero-order chi connectivity index (χ0) is 13.3. The summed E-state index contributed by atoms with van der Waals surface area (Å²) in [6.45, 7) is 4.77. The summed E-state index contributed by atoms with van der Waals surface area (Å²) < 4.78 is 5.67. The lowest BCUT2D eigenvalue weighted by Gasteiger charge is -2.23. The van der Waals surface area contributed by atoms with E-state index in [1.54, 1.807) is 17.0 Å². The minimum Gasteiger partial charge on any atom is -0.494 e. The third kappa shape index (κ3) is 5.03. The summed E-state index contributed by atoms with van der Waals surface area (Å²) in [7, 11) is 0. The Morgan fingerprint density at radius 2 is 1.79 bits per heavy atom. The molecule has 1 aromatic rings. The van der Waals surface area contributed by atoms with Gasteiger partial charge in [-0.25, -0.2) is 0 Å². The number of ether oxygens (including phenoxy) is 1. The van der Waals surface area contributed by atoms with E-state index in [1.165, 1.54) is 45.3 Å². The van der Waals surface area contributed by atoms with Crippen LogP contribution < -0.4 is 9.64 Å². The summed E-state index contributed by atoms with van der Waals surface area (Å²) >= 11 is 0. The summed E-state index contributed by atoms with van der Waals surface area (Å²) in [6.07, 6.45) is 7.42. The highest BCUT2D eigenvalue weighted by Gasteiger charge is 2.12. The van der Waals surface area contributed by atoms with Crippen molar-refractivity contribution in [2.24, 2.45) is 0 Å². The Bertz CT molecular complexity index is 369. The molecule has 0 saturated carbocycles. The van der Waals surface area contributed by atoms with Gasteiger partial charge in [0.05, 0.1) is 26.2 Å². The first kappa shape index (κ1) is 14.1. The highest BCUT2D eigenvalue weighted by Crippen LogP contribution is 2.11. The molecule has 0 unspecified atom stereocenters. The Hall–Kier alpha value is -1.35. The van der Waals surface area contributed by atoms with E-state index in [0.717, 1.165) is 25.1 Å². The van der Waals surface area contributed by atoms with Crippen molar-refractivity contribution < 1.29 is 14.4 Å². The summed E-state index contributed by atoms with van der Waals surface area (Å²) in [5.74, 6) is 0.857. The molecule has 0 radical (unpaired) electrons. The molecule has 0 aromatic heterocycles. The van der Waals surface area contributed by atoms with Crippen molar-refractivity contribution in [1.82, 2.24) is 0 Å². The van der Waals surface area contributed by atoms with Crippen LogP contribution in [-0.2, 0) is 0 Å². The van der Waals surface area contributed by atoms with E-state index < -0.39 is 0 Å². The maximum Gasteiger partial charge on any atom is 0.150 e. The predicted molar refractivity (Wildman–Crippen MR) is 76.0 cm³/mol. The number of likely N-dealkylation sites (tertiary alicyclic amines) is 1. The van der Waals surface area contributed by atoms with Gasteiger partial charge in [0.1, 0.15) is 12.0 Å². The van der Waals surface area contributed by atoms with Gasteiger partial charge in [-0.3, -0.25) is 4.79 Å². The first-order valence-corrected chi connectivity index (χ1v) is 7.40. The van der Waals surface area contributed by atoms with Crippen LogP contribution in [0.3, 0.4) is 0 Å². The summed E-state index contributed by atoms with van der Waals surface area (Å²) in [4.78, 5) is 12.3. The lowest BCUT2D eigenvalue weighted by Crippen LogP contribution is -3.12. The SMILES string of the molecule is O=Cc1ccc(OCCCC[NH+]2CCCCC2)cc1. The highest BCUT2D eigenvalue weighted by atomic mass is 16.5. The molecule has 1 aromatic carbocycles. The highest BCUT2D eigenvalue weighted by molar-refractivity contribution is 5.74. The second kappa shape index (κ2) is 7.95. The first-order valence-electron chi connectivity index (χ1n) is 7.40. The number of nitrogens with one attached hydrogen (secondary N) is 1. The topological polar surface area (TPSA) is 30.7 Å². The average molecular weight is 262 g/mol. The number of benzene rings is 1. The van der Waals surface area contributed by atoms with Crippen molar-refractivity contribution in [3.8, 4) is 5.75 Å². The Balaban J connectivity index is 1.56. The van der Waals surface area contributed by atoms with E-state index in [9.17, 15) is 4.79 Å². The Morgan fingerprint density at radius 1 is 1.05 bits per heavy atom. The van der Waals surface area contributed by atoms with Gasteiger partial charge in [0.25, 0.3) is 0 Å². The molecule has 104 valence electrons. The van der Waals surface area contributed by atoms with Gasteiger partial charge in [-0.1, -0.05) is 0 Å². The number of piperidine rings is 1. The number of hydrogen-bond acceptors (Lipinski definition) is 2. The molecular formula is C16H24NO2+. The molecule has 0 bridgehead atoms. The number of unbranched alkanes of at least 4 members (excludes halogenated alkanes) is 1. The van der Waals surface area contributed by atoms with Gasteiger partial charge in [0, 0.05) is 5.56 Å². The minimum atomic E-state index is 0.695. The monoisotopic (exact) mass is 262 g/mol. The van der Waals surface area contributed by atoms with E-state index in [4.69, 9.17) is 4.74 Å². The number of aldehydes is 1. The molecule has 2 rings (SSSR count). The van der Waals surface area contributed by atoms with Gasteiger partial charge in [0.15, 0.2) is 0 Å². The molecule has 1 N–H and O–H groups in total. The minimum absolute atomic E-state index is 0.695. The second-order valence-electron chi connectivity index (χ2n) is 5.30.